The summed E-state index contributed by atoms with van der Waals surface area (Å²) in [4.78, 5) is 39.6. The zero-order chi connectivity index (χ0) is 22.3. The molecule has 3 saturated carbocycles. The van der Waals surface area contributed by atoms with Crippen molar-refractivity contribution in [2.24, 2.45) is 22.2 Å². The Balaban J connectivity index is 1.28. The highest BCUT2D eigenvalue weighted by Gasteiger charge is 2.53. The van der Waals surface area contributed by atoms with Gasteiger partial charge in [-0.1, -0.05) is 32.8 Å². The summed E-state index contributed by atoms with van der Waals surface area (Å²) in [7, 11) is 0. The second-order valence-electron chi connectivity index (χ2n) is 10.7. The Morgan fingerprint density at radius 1 is 1.12 bits per heavy atom. The van der Waals surface area contributed by atoms with E-state index in [1.54, 1.807) is 6.20 Å². The Morgan fingerprint density at radius 2 is 1.81 bits per heavy atom. The SMILES string of the molecule is CC1(C)CC1C(=O)N1CCN(C(=NC2(C(=O)NCCC3CC3)CC2)c2ccccn2)CC1. The van der Waals surface area contributed by atoms with Crippen molar-refractivity contribution in [2.75, 3.05) is 32.7 Å². The summed E-state index contributed by atoms with van der Waals surface area (Å²) in [5.74, 6) is 2.11. The molecule has 1 aliphatic heterocycles. The number of nitrogens with zero attached hydrogens (tertiary/aromatic N) is 4. The highest BCUT2D eigenvalue weighted by Crippen LogP contribution is 2.52. The van der Waals surface area contributed by atoms with Crippen molar-refractivity contribution in [3.8, 4) is 0 Å². The van der Waals surface area contributed by atoms with Crippen LogP contribution in [-0.4, -0.2) is 70.7 Å². The van der Waals surface area contributed by atoms with E-state index < -0.39 is 5.54 Å². The number of hydrogen-bond acceptors (Lipinski definition) is 4. The number of nitrogens with one attached hydrogen (secondary N) is 1. The van der Waals surface area contributed by atoms with Gasteiger partial charge in [0.05, 0.1) is 0 Å². The zero-order valence-corrected chi connectivity index (χ0v) is 19.3. The van der Waals surface area contributed by atoms with Crippen molar-refractivity contribution >= 4 is 17.6 Å². The molecule has 1 aromatic rings. The third-order valence-electron chi connectivity index (χ3n) is 7.60. The summed E-state index contributed by atoms with van der Waals surface area (Å²) in [6.07, 6.45) is 8.01. The van der Waals surface area contributed by atoms with E-state index in [0.717, 1.165) is 49.7 Å². The van der Waals surface area contributed by atoms with E-state index in [9.17, 15) is 9.59 Å². The second kappa shape index (κ2) is 8.16. The lowest BCUT2D eigenvalue weighted by Gasteiger charge is -2.37. The van der Waals surface area contributed by atoms with Gasteiger partial charge in [-0.05, 0) is 49.1 Å². The summed E-state index contributed by atoms with van der Waals surface area (Å²) >= 11 is 0. The van der Waals surface area contributed by atoms with E-state index in [4.69, 9.17) is 4.99 Å². The van der Waals surface area contributed by atoms with Crippen LogP contribution in [0.3, 0.4) is 0 Å². The Kier molecular flexibility index (Phi) is 5.46. The van der Waals surface area contributed by atoms with Crippen LogP contribution in [0.25, 0.3) is 0 Å². The molecule has 32 heavy (non-hydrogen) atoms. The summed E-state index contributed by atoms with van der Waals surface area (Å²) in [5.41, 5.74) is 0.300. The molecule has 3 aliphatic carbocycles. The minimum Gasteiger partial charge on any atom is -0.354 e. The van der Waals surface area contributed by atoms with Gasteiger partial charge in [-0.15, -0.1) is 0 Å². The molecule has 4 aliphatic rings. The average Bonchev–Trinajstić information content (AvgIpc) is 3.69. The molecule has 0 bridgehead atoms. The molecule has 2 amide bonds. The van der Waals surface area contributed by atoms with Crippen molar-refractivity contribution in [2.45, 2.75) is 57.9 Å². The third kappa shape index (κ3) is 4.52. The lowest BCUT2D eigenvalue weighted by molar-refractivity contribution is -0.134. The molecular formula is C25H35N5O2. The lowest BCUT2D eigenvalue weighted by atomic mass is 10.1. The predicted octanol–water partition coefficient (Wildman–Crippen LogP) is 2.47. The Labute approximate surface area is 190 Å². The van der Waals surface area contributed by atoms with Crippen LogP contribution in [-0.2, 0) is 9.59 Å². The minimum absolute atomic E-state index is 0.0522. The van der Waals surface area contributed by atoms with Gasteiger partial charge in [0.1, 0.15) is 11.2 Å². The fourth-order valence-corrected chi connectivity index (χ4v) is 4.70. The van der Waals surface area contributed by atoms with E-state index in [1.165, 1.54) is 12.8 Å². The first-order valence-corrected chi connectivity index (χ1v) is 12.2. The molecule has 0 spiro atoms. The molecule has 7 heteroatoms. The number of amides is 2. The molecule has 7 nitrogen and oxygen atoms in total. The first kappa shape index (κ1) is 21.4. The Bertz CT molecular complexity index is 896. The van der Waals surface area contributed by atoms with Crippen LogP contribution >= 0.6 is 0 Å². The van der Waals surface area contributed by atoms with Gasteiger partial charge in [-0.2, -0.15) is 0 Å². The molecule has 4 fully saturated rings. The van der Waals surface area contributed by atoms with Crippen LogP contribution in [0.15, 0.2) is 29.4 Å². The van der Waals surface area contributed by atoms with Crippen molar-refractivity contribution in [1.29, 1.82) is 0 Å². The van der Waals surface area contributed by atoms with Crippen LogP contribution < -0.4 is 5.32 Å². The maximum Gasteiger partial charge on any atom is 0.248 e. The highest BCUT2D eigenvalue weighted by atomic mass is 16.2. The first-order valence-electron chi connectivity index (χ1n) is 12.2. The average molecular weight is 438 g/mol. The zero-order valence-electron chi connectivity index (χ0n) is 19.3. The Morgan fingerprint density at radius 3 is 2.38 bits per heavy atom. The molecule has 1 unspecified atom stereocenters. The van der Waals surface area contributed by atoms with Crippen LogP contribution in [0, 0.1) is 17.3 Å². The maximum atomic E-state index is 13.0. The van der Waals surface area contributed by atoms with Gasteiger partial charge in [0, 0.05) is 44.8 Å². The van der Waals surface area contributed by atoms with Gasteiger partial charge in [-0.25, -0.2) is 4.99 Å². The molecule has 1 N–H and O–H groups in total. The number of aromatic nitrogens is 1. The standard InChI is InChI=1S/C25H35N5O2/c1-24(2)17-19(24)22(31)30-15-13-29(14-16-30)21(20-5-3-4-11-26-20)28-25(9-10-25)23(32)27-12-8-18-6-7-18/h3-5,11,18-19H,6-10,12-17H2,1-2H3,(H,27,32). The number of piperazine rings is 1. The van der Waals surface area contributed by atoms with Crippen LogP contribution in [0.5, 0.6) is 0 Å². The number of carbonyl (C=O) groups excluding carboxylic acids is 2. The van der Waals surface area contributed by atoms with Crippen LogP contribution in [0.2, 0.25) is 0 Å². The monoisotopic (exact) mass is 437 g/mol. The van der Waals surface area contributed by atoms with Crippen LogP contribution in [0.4, 0.5) is 0 Å². The third-order valence-corrected chi connectivity index (χ3v) is 7.60. The summed E-state index contributed by atoms with van der Waals surface area (Å²) in [6, 6.07) is 5.82. The van der Waals surface area contributed by atoms with Crippen molar-refractivity contribution in [3.05, 3.63) is 30.1 Å². The molecular weight excluding hydrogens is 402 g/mol. The highest BCUT2D eigenvalue weighted by molar-refractivity contribution is 6.01. The largest absolute Gasteiger partial charge is 0.354 e. The van der Waals surface area contributed by atoms with Gasteiger partial charge in [0.25, 0.3) is 0 Å². The van der Waals surface area contributed by atoms with Gasteiger partial charge >= 0.3 is 0 Å². The fourth-order valence-electron chi connectivity index (χ4n) is 4.70. The predicted molar refractivity (Wildman–Crippen MR) is 123 cm³/mol. The van der Waals surface area contributed by atoms with E-state index in [-0.39, 0.29) is 17.2 Å². The summed E-state index contributed by atoms with van der Waals surface area (Å²) < 4.78 is 0. The normalized spacial score (nSPS) is 25.9. The molecule has 5 rings (SSSR count). The second-order valence-corrected chi connectivity index (χ2v) is 10.7. The molecule has 1 saturated heterocycles. The number of rotatable bonds is 7. The first-order chi connectivity index (χ1) is 15.4. The molecule has 1 atom stereocenters. The number of pyridine rings is 1. The molecule has 172 valence electrons. The van der Waals surface area contributed by atoms with E-state index in [1.807, 2.05) is 23.1 Å². The number of aliphatic imine (C=N–C) groups is 1. The smallest absolute Gasteiger partial charge is 0.248 e. The maximum absolute atomic E-state index is 13.0. The molecule has 0 radical (unpaired) electrons. The summed E-state index contributed by atoms with van der Waals surface area (Å²) in [5, 5.41) is 3.13. The molecule has 0 aromatic carbocycles. The molecule has 2 heterocycles. The van der Waals surface area contributed by atoms with Gasteiger partial charge in [0.15, 0.2) is 5.84 Å². The molecule has 1 aromatic heterocycles. The van der Waals surface area contributed by atoms with E-state index >= 15 is 0 Å². The van der Waals surface area contributed by atoms with Crippen molar-refractivity contribution in [1.82, 2.24) is 20.1 Å². The topological polar surface area (TPSA) is 77.9 Å². The minimum atomic E-state index is -0.651. The van der Waals surface area contributed by atoms with E-state index in [0.29, 0.717) is 32.1 Å². The van der Waals surface area contributed by atoms with Gasteiger partial charge in [0.2, 0.25) is 11.8 Å². The summed E-state index contributed by atoms with van der Waals surface area (Å²) in [6.45, 7) is 7.90. The Hall–Kier alpha value is -2.44. The number of amidine groups is 1. The lowest BCUT2D eigenvalue weighted by Crippen LogP contribution is -2.52. The van der Waals surface area contributed by atoms with Crippen molar-refractivity contribution in [3.63, 3.8) is 0 Å². The number of hydrogen-bond donors (Lipinski definition) is 1. The quantitative estimate of drug-likeness (QED) is 0.525. The van der Waals surface area contributed by atoms with Gasteiger partial charge < -0.3 is 15.1 Å². The van der Waals surface area contributed by atoms with Gasteiger partial charge in [-0.3, -0.25) is 14.6 Å². The van der Waals surface area contributed by atoms with Crippen LogP contribution in [0.1, 0.15) is 58.1 Å². The number of carbonyl (C=O) groups is 2. The van der Waals surface area contributed by atoms with E-state index in [2.05, 4.69) is 29.0 Å². The fraction of sp³-hybridized carbons (Fsp3) is 0.680. The van der Waals surface area contributed by atoms with Crippen molar-refractivity contribution < 1.29 is 9.59 Å².